The molecule has 0 heterocycles. The minimum atomic E-state index is -3.49. The first-order chi connectivity index (χ1) is 12.9. The molecule has 2 N–H and O–H groups in total. The van der Waals surface area contributed by atoms with Gasteiger partial charge in [-0.25, -0.2) is 8.42 Å². The van der Waals surface area contributed by atoms with Gasteiger partial charge in [0.15, 0.2) is 0 Å². The van der Waals surface area contributed by atoms with Crippen molar-refractivity contribution in [3.63, 3.8) is 0 Å². The van der Waals surface area contributed by atoms with E-state index in [1.54, 1.807) is 0 Å². The molecule has 29 heavy (non-hydrogen) atoms. The summed E-state index contributed by atoms with van der Waals surface area (Å²) in [5.74, 6) is 0. The molecule has 176 valence electrons. The second kappa shape index (κ2) is 11.6. The molecule has 0 spiro atoms. The Morgan fingerprint density at radius 2 is 1.00 bits per heavy atom. The van der Waals surface area contributed by atoms with Crippen molar-refractivity contribution in [3.8, 4) is 0 Å². The van der Waals surface area contributed by atoms with Gasteiger partial charge in [-0.2, -0.15) is 16.8 Å². The molecule has 0 aromatic heterocycles. The highest BCUT2D eigenvalue weighted by atomic mass is 35.7. The first-order valence-electron chi connectivity index (χ1n) is 8.75. The lowest BCUT2D eigenvalue weighted by molar-refractivity contribution is -0.00908. The van der Waals surface area contributed by atoms with Crippen molar-refractivity contribution >= 4 is 40.0 Å². The highest BCUT2D eigenvalue weighted by Crippen LogP contribution is 2.42. The lowest BCUT2D eigenvalue weighted by Gasteiger charge is -2.40. The summed E-state index contributed by atoms with van der Waals surface area (Å²) in [4.78, 5) is 0. The highest BCUT2D eigenvalue weighted by Gasteiger charge is 2.39. The summed E-state index contributed by atoms with van der Waals surface area (Å²) < 4.78 is 71.5. The van der Waals surface area contributed by atoms with Gasteiger partial charge in [0.25, 0.3) is 20.2 Å². The van der Waals surface area contributed by atoms with Gasteiger partial charge in [-0.3, -0.25) is 8.37 Å². The molecule has 0 unspecified atom stereocenters. The SMILES string of the molecule is CS(=O)(=O)Cl.CS(=O)(=O)OCC1(COS(C)(=O)=O)CCC1.OCC1(CO)CCC1. The number of aliphatic hydroxyl groups is 2. The van der Waals surface area contributed by atoms with E-state index in [-0.39, 0.29) is 31.8 Å². The van der Waals surface area contributed by atoms with Crippen molar-refractivity contribution in [3.05, 3.63) is 0 Å². The maximum atomic E-state index is 10.8. The van der Waals surface area contributed by atoms with Crippen molar-refractivity contribution in [2.75, 3.05) is 45.2 Å². The fourth-order valence-corrected chi connectivity index (χ4v) is 3.44. The van der Waals surface area contributed by atoms with E-state index < -0.39 is 34.7 Å². The van der Waals surface area contributed by atoms with E-state index in [2.05, 4.69) is 10.7 Å². The molecule has 0 bridgehead atoms. The third kappa shape index (κ3) is 14.6. The van der Waals surface area contributed by atoms with Crippen LogP contribution < -0.4 is 0 Å². The molecule has 0 saturated heterocycles. The average molecular weight is 503 g/mol. The molecule has 10 nitrogen and oxygen atoms in total. The Bertz CT molecular complexity index is 738. The van der Waals surface area contributed by atoms with Gasteiger partial charge in [-0.15, -0.1) is 0 Å². The van der Waals surface area contributed by atoms with Crippen molar-refractivity contribution < 1.29 is 43.8 Å². The van der Waals surface area contributed by atoms with Gasteiger partial charge in [-0.05, 0) is 25.7 Å². The van der Waals surface area contributed by atoms with Crippen LogP contribution in [0.25, 0.3) is 0 Å². The predicted octanol–water partition coefficient (Wildman–Crippen LogP) is 0.435. The second-order valence-electron chi connectivity index (χ2n) is 7.64. The second-order valence-corrected chi connectivity index (χ2v) is 14.0. The lowest BCUT2D eigenvalue weighted by atomic mass is 9.70. The number of halogens is 1. The molecule has 2 fully saturated rings. The number of aliphatic hydroxyl groups excluding tert-OH is 2. The van der Waals surface area contributed by atoms with Crippen LogP contribution in [0.2, 0.25) is 0 Å². The Kier molecular flexibility index (Phi) is 11.5. The maximum Gasteiger partial charge on any atom is 0.264 e. The van der Waals surface area contributed by atoms with Crippen LogP contribution in [0.3, 0.4) is 0 Å². The van der Waals surface area contributed by atoms with Crippen LogP contribution in [0, 0.1) is 10.8 Å². The van der Waals surface area contributed by atoms with Gasteiger partial charge in [0.1, 0.15) is 0 Å². The van der Waals surface area contributed by atoms with Crippen LogP contribution in [0.5, 0.6) is 0 Å². The van der Waals surface area contributed by atoms with E-state index in [0.29, 0.717) is 0 Å². The zero-order chi connectivity index (χ0) is 23.0. The maximum absolute atomic E-state index is 10.8. The van der Waals surface area contributed by atoms with Crippen molar-refractivity contribution in [2.24, 2.45) is 10.8 Å². The van der Waals surface area contributed by atoms with E-state index in [0.717, 1.165) is 50.9 Å². The summed E-state index contributed by atoms with van der Waals surface area (Å²) in [5, 5.41) is 17.4. The minimum absolute atomic E-state index is 0.0125. The summed E-state index contributed by atoms with van der Waals surface area (Å²) in [7, 11) is -5.68. The van der Waals surface area contributed by atoms with Crippen molar-refractivity contribution in [1.82, 2.24) is 0 Å². The average Bonchev–Trinajstić information content (AvgIpc) is 2.42. The van der Waals surface area contributed by atoms with E-state index >= 15 is 0 Å². The largest absolute Gasteiger partial charge is 0.396 e. The molecule has 2 saturated carbocycles. The van der Waals surface area contributed by atoms with E-state index in [4.69, 9.17) is 18.6 Å². The Hall–Kier alpha value is -0.0200. The van der Waals surface area contributed by atoms with Crippen molar-refractivity contribution in [1.29, 1.82) is 0 Å². The van der Waals surface area contributed by atoms with E-state index in [1.807, 2.05) is 0 Å². The lowest BCUT2D eigenvalue weighted by Crippen LogP contribution is -2.40. The van der Waals surface area contributed by atoms with E-state index in [9.17, 15) is 25.3 Å². The molecular weight excluding hydrogens is 472 g/mol. The summed E-state index contributed by atoms with van der Waals surface area (Å²) in [6.45, 7) is 0.287. The molecule has 0 aromatic carbocycles. The molecule has 0 radical (unpaired) electrons. The molecular formula is C15H31ClO10S3. The normalized spacial score (nSPS) is 20.1. The molecule has 2 aliphatic rings. The predicted molar refractivity (Wildman–Crippen MR) is 109 cm³/mol. The van der Waals surface area contributed by atoms with Crippen LogP contribution >= 0.6 is 10.7 Å². The first-order valence-corrected chi connectivity index (χ1v) is 15.1. The summed E-state index contributed by atoms with van der Waals surface area (Å²) in [5.41, 5.74) is -0.549. The summed E-state index contributed by atoms with van der Waals surface area (Å²) in [6.07, 6.45) is 8.40. The fourth-order valence-electron chi connectivity index (χ4n) is 2.51. The van der Waals surface area contributed by atoms with Crippen LogP contribution in [-0.4, -0.2) is 80.7 Å². The molecule has 2 rings (SSSR count). The van der Waals surface area contributed by atoms with Gasteiger partial charge in [0.2, 0.25) is 9.05 Å². The Labute approximate surface area is 178 Å². The highest BCUT2D eigenvalue weighted by molar-refractivity contribution is 8.13. The topological polar surface area (TPSA) is 161 Å². The number of hydrogen-bond acceptors (Lipinski definition) is 10. The van der Waals surface area contributed by atoms with Gasteiger partial charge >= 0.3 is 0 Å². The quantitative estimate of drug-likeness (QED) is 0.351. The van der Waals surface area contributed by atoms with Gasteiger partial charge in [0.05, 0.1) is 45.2 Å². The van der Waals surface area contributed by atoms with Crippen LogP contribution in [-0.2, 0) is 37.7 Å². The minimum Gasteiger partial charge on any atom is -0.396 e. The smallest absolute Gasteiger partial charge is 0.264 e. The van der Waals surface area contributed by atoms with Crippen LogP contribution in [0.15, 0.2) is 0 Å². The molecule has 0 aliphatic heterocycles. The molecule has 2 aliphatic carbocycles. The third-order valence-corrected chi connectivity index (χ3v) is 5.75. The Morgan fingerprint density at radius 1 is 0.724 bits per heavy atom. The number of rotatable bonds is 8. The van der Waals surface area contributed by atoms with Crippen LogP contribution in [0.4, 0.5) is 0 Å². The zero-order valence-corrected chi connectivity index (χ0v) is 20.0. The monoisotopic (exact) mass is 502 g/mol. The van der Waals surface area contributed by atoms with Gasteiger partial charge in [0, 0.05) is 21.5 Å². The van der Waals surface area contributed by atoms with Gasteiger partial charge < -0.3 is 10.2 Å². The Morgan fingerprint density at radius 3 is 1.10 bits per heavy atom. The van der Waals surface area contributed by atoms with E-state index in [1.165, 1.54) is 6.42 Å². The Balaban J connectivity index is 0.000000498. The summed E-state index contributed by atoms with van der Waals surface area (Å²) >= 11 is 0. The molecule has 14 heteroatoms. The standard InChI is InChI=1S/C8H16O6S2.C6H12O2.CH3ClO2S/c1-15(9,10)13-6-8(4-3-5-8)7-14-16(2,11)12;7-4-6(5-8)2-1-3-6;1-5(2,3)4/h3-7H2,1-2H3;7-8H,1-5H2;1H3. The molecule has 0 amide bonds. The summed E-state index contributed by atoms with van der Waals surface area (Å²) in [6, 6.07) is 0. The number of hydrogen-bond donors (Lipinski definition) is 2. The fraction of sp³-hybridized carbons (Fsp3) is 1.00. The zero-order valence-electron chi connectivity index (χ0n) is 16.8. The molecule has 0 atom stereocenters. The van der Waals surface area contributed by atoms with Gasteiger partial charge in [-0.1, -0.05) is 12.8 Å². The van der Waals surface area contributed by atoms with Crippen molar-refractivity contribution in [2.45, 2.75) is 38.5 Å². The molecule has 0 aromatic rings. The third-order valence-electron chi connectivity index (χ3n) is 4.66. The van der Waals surface area contributed by atoms with Crippen LogP contribution in [0.1, 0.15) is 38.5 Å². The first kappa shape index (κ1) is 29.0.